The molecule has 4 heteroatoms. The molecule has 0 amide bonds. The summed E-state index contributed by atoms with van der Waals surface area (Å²) in [4.78, 5) is 7.87. The first-order valence-electron chi connectivity index (χ1n) is 2.68. The van der Waals surface area contributed by atoms with Gasteiger partial charge in [0.15, 0.2) is 5.82 Å². The fraction of sp³-hybridized carbons (Fsp3) is 0. The van der Waals surface area contributed by atoms with Gasteiger partial charge in [-0.2, -0.15) is 0 Å². The van der Waals surface area contributed by atoms with Crippen molar-refractivity contribution < 1.29 is 0 Å². The van der Waals surface area contributed by atoms with Crippen molar-refractivity contribution in [1.29, 1.82) is 0 Å². The highest BCUT2D eigenvalue weighted by Gasteiger charge is 1.92. The Morgan fingerprint density at radius 2 is 2.50 bits per heavy atom. The van der Waals surface area contributed by atoms with E-state index in [1.165, 1.54) is 0 Å². The second-order valence-electron chi connectivity index (χ2n) is 1.64. The Bertz CT molecular complexity index is 247. The van der Waals surface area contributed by atoms with Gasteiger partial charge < -0.3 is 5.73 Å². The van der Waals surface area contributed by atoms with E-state index in [1.807, 2.05) is 22.6 Å². The third kappa shape index (κ3) is 1.66. The second kappa shape index (κ2) is 3.50. The van der Waals surface area contributed by atoms with Crippen LogP contribution in [0.4, 0.5) is 11.5 Å². The van der Waals surface area contributed by atoms with Crippen LogP contribution in [0, 0.1) is 0 Å². The van der Waals surface area contributed by atoms with Gasteiger partial charge in [0.2, 0.25) is 0 Å². The van der Waals surface area contributed by atoms with E-state index >= 15 is 0 Å². The number of pyridine rings is 1. The van der Waals surface area contributed by atoms with Crippen LogP contribution in [0.1, 0.15) is 0 Å². The third-order valence-corrected chi connectivity index (χ3v) is 1.27. The number of aliphatic imine (C=N–C) groups is 1. The number of nitrogens with two attached hydrogens (primary N) is 1. The largest absolute Gasteiger partial charge is 0.396 e. The van der Waals surface area contributed by atoms with Crippen LogP contribution in [0.15, 0.2) is 23.3 Å². The van der Waals surface area contributed by atoms with Crippen LogP contribution >= 0.6 is 22.6 Å². The molecule has 52 valence electrons. The van der Waals surface area contributed by atoms with E-state index in [9.17, 15) is 0 Å². The van der Waals surface area contributed by atoms with Crippen molar-refractivity contribution in [1.82, 2.24) is 4.98 Å². The molecule has 0 unspecified atom stereocenters. The summed E-state index contributed by atoms with van der Waals surface area (Å²) in [5, 5.41) is 0. The Hall–Kier alpha value is -0.650. The van der Waals surface area contributed by atoms with Crippen LogP contribution < -0.4 is 5.73 Å². The number of hydrogen-bond donors (Lipinski definition) is 1. The molecule has 2 N–H and O–H groups in total. The van der Waals surface area contributed by atoms with Crippen molar-refractivity contribution in [2.24, 2.45) is 4.99 Å². The molecule has 0 saturated heterocycles. The topological polar surface area (TPSA) is 51.3 Å². The Morgan fingerprint density at radius 1 is 1.70 bits per heavy atom. The van der Waals surface area contributed by atoms with Gasteiger partial charge in [-0.3, -0.25) is 0 Å². The number of hydrogen-bond acceptors (Lipinski definition) is 3. The van der Waals surface area contributed by atoms with Gasteiger partial charge in [-0.15, -0.1) is 0 Å². The molecule has 0 spiro atoms. The van der Waals surface area contributed by atoms with Gasteiger partial charge in [0, 0.05) is 6.20 Å². The van der Waals surface area contributed by atoms with Crippen LogP contribution in [0.3, 0.4) is 0 Å². The summed E-state index contributed by atoms with van der Waals surface area (Å²) in [6.45, 7) is 0. The third-order valence-electron chi connectivity index (χ3n) is 0.988. The fourth-order valence-electron chi connectivity index (χ4n) is 0.563. The minimum atomic E-state index is 0.580. The molecule has 3 nitrogen and oxygen atoms in total. The molecule has 0 atom stereocenters. The highest BCUT2D eigenvalue weighted by atomic mass is 127. The minimum absolute atomic E-state index is 0.580. The van der Waals surface area contributed by atoms with Crippen LogP contribution in [-0.2, 0) is 0 Å². The molecular weight excluding hydrogens is 241 g/mol. The number of nitrogens with zero attached hydrogens (tertiary/aromatic N) is 2. The molecule has 1 aromatic heterocycles. The highest BCUT2D eigenvalue weighted by Crippen LogP contribution is 2.15. The van der Waals surface area contributed by atoms with Gasteiger partial charge in [0.05, 0.1) is 9.91 Å². The monoisotopic (exact) mass is 247 g/mol. The molecular formula is C6H6IN3. The van der Waals surface area contributed by atoms with E-state index in [0.717, 1.165) is 0 Å². The van der Waals surface area contributed by atoms with E-state index in [-0.39, 0.29) is 0 Å². The van der Waals surface area contributed by atoms with Gasteiger partial charge in [-0.25, -0.2) is 9.98 Å². The number of rotatable bonds is 1. The standard InChI is InChI=1S/C6H6IN3/c7-4-10-6-5(8)2-1-3-9-6/h1-4H,8H2/b10-4-. The minimum Gasteiger partial charge on any atom is -0.396 e. The lowest BCUT2D eigenvalue weighted by atomic mass is 10.4. The summed E-state index contributed by atoms with van der Waals surface area (Å²) in [6.07, 6.45) is 1.66. The van der Waals surface area contributed by atoms with E-state index < -0.39 is 0 Å². The first-order valence-corrected chi connectivity index (χ1v) is 3.92. The molecule has 0 bridgehead atoms. The molecule has 0 fully saturated rings. The molecule has 1 aromatic rings. The van der Waals surface area contributed by atoms with Crippen LogP contribution in [0.5, 0.6) is 0 Å². The Balaban J connectivity index is 3.03. The first kappa shape index (κ1) is 7.46. The van der Waals surface area contributed by atoms with Crippen molar-refractivity contribution >= 4 is 38.3 Å². The predicted molar refractivity (Wildman–Crippen MR) is 50.8 cm³/mol. The van der Waals surface area contributed by atoms with Crippen molar-refractivity contribution in [2.75, 3.05) is 5.73 Å². The summed E-state index contributed by atoms with van der Waals surface area (Å²) in [7, 11) is 0. The van der Waals surface area contributed by atoms with Crippen LogP contribution in [0.2, 0.25) is 0 Å². The fourth-order valence-corrected chi connectivity index (χ4v) is 0.827. The number of nitrogen functional groups attached to an aromatic ring is 1. The normalized spacial score (nSPS) is 10.5. The van der Waals surface area contributed by atoms with Crippen LogP contribution in [0.25, 0.3) is 0 Å². The highest BCUT2D eigenvalue weighted by molar-refractivity contribution is 14.1. The van der Waals surface area contributed by atoms with Crippen molar-refractivity contribution in [3.63, 3.8) is 0 Å². The van der Waals surface area contributed by atoms with E-state index in [0.29, 0.717) is 11.5 Å². The molecule has 0 aliphatic carbocycles. The molecule has 0 aromatic carbocycles. The zero-order valence-electron chi connectivity index (χ0n) is 5.16. The number of halogens is 1. The number of aromatic nitrogens is 1. The lowest BCUT2D eigenvalue weighted by Crippen LogP contribution is -1.85. The van der Waals surface area contributed by atoms with E-state index in [1.54, 1.807) is 22.6 Å². The van der Waals surface area contributed by atoms with Gasteiger partial charge >= 0.3 is 0 Å². The molecule has 0 aliphatic heterocycles. The molecule has 1 rings (SSSR count). The lowest BCUT2D eigenvalue weighted by Gasteiger charge is -1.94. The van der Waals surface area contributed by atoms with Crippen molar-refractivity contribution in [2.45, 2.75) is 0 Å². The maximum absolute atomic E-state index is 5.53. The maximum Gasteiger partial charge on any atom is 0.175 e. The molecule has 0 aliphatic rings. The SMILES string of the molecule is Nc1cccnc1/N=C\I. The van der Waals surface area contributed by atoms with Gasteiger partial charge in [0.1, 0.15) is 0 Å². The smallest absolute Gasteiger partial charge is 0.175 e. The van der Waals surface area contributed by atoms with E-state index in [4.69, 9.17) is 5.73 Å². The summed E-state index contributed by atoms with van der Waals surface area (Å²) in [6, 6.07) is 3.55. The zero-order valence-corrected chi connectivity index (χ0v) is 7.32. The van der Waals surface area contributed by atoms with Crippen molar-refractivity contribution in [3.8, 4) is 0 Å². The average Bonchev–Trinajstić information content (AvgIpc) is 1.94. The Kier molecular flexibility index (Phi) is 2.61. The molecule has 10 heavy (non-hydrogen) atoms. The second-order valence-corrected chi connectivity index (χ2v) is 2.20. The quantitative estimate of drug-likeness (QED) is 0.607. The molecule has 0 radical (unpaired) electrons. The van der Waals surface area contributed by atoms with Gasteiger partial charge in [-0.05, 0) is 34.7 Å². The Morgan fingerprint density at radius 3 is 3.10 bits per heavy atom. The summed E-state index contributed by atoms with van der Waals surface area (Å²) < 4.78 is 1.64. The predicted octanol–water partition coefficient (Wildman–Crippen LogP) is 1.76. The van der Waals surface area contributed by atoms with E-state index in [2.05, 4.69) is 9.98 Å². The summed E-state index contributed by atoms with van der Waals surface area (Å²) in [5.74, 6) is 0.580. The molecule has 1 heterocycles. The lowest BCUT2D eigenvalue weighted by molar-refractivity contribution is 1.29. The molecule has 0 saturated carbocycles. The number of anilines is 1. The first-order chi connectivity index (χ1) is 4.84. The Labute approximate surface area is 72.5 Å². The van der Waals surface area contributed by atoms with Gasteiger partial charge in [-0.1, -0.05) is 0 Å². The average molecular weight is 247 g/mol. The maximum atomic E-state index is 5.53. The van der Waals surface area contributed by atoms with Crippen molar-refractivity contribution in [3.05, 3.63) is 18.3 Å². The summed E-state index contributed by atoms with van der Waals surface area (Å²) in [5.41, 5.74) is 6.13. The van der Waals surface area contributed by atoms with Gasteiger partial charge in [0.25, 0.3) is 0 Å². The summed E-state index contributed by atoms with van der Waals surface area (Å²) >= 11 is 2.02. The zero-order chi connectivity index (χ0) is 7.40. The van der Waals surface area contributed by atoms with Crippen LogP contribution in [-0.4, -0.2) is 9.21 Å².